The Bertz CT molecular complexity index is 616. The van der Waals surface area contributed by atoms with E-state index in [0.717, 1.165) is 6.08 Å². The molecule has 0 atom stereocenters. The fourth-order valence-corrected chi connectivity index (χ4v) is 2.79. The number of ether oxygens (including phenoxy) is 1. The molecular formula is C14H17NO4S. The molecule has 0 aliphatic heterocycles. The van der Waals surface area contributed by atoms with Crippen LogP contribution in [0.3, 0.4) is 0 Å². The van der Waals surface area contributed by atoms with Crippen LogP contribution in [0.1, 0.15) is 0 Å². The maximum Gasteiger partial charge on any atom is 0.330 e. The van der Waals surface area contributed by atoms with E-state index in [4.69, 9.17) is 0 Å². The number of allylic oxidation sites excluding steroid dienone is 1. The van der Waals surface area contributed by atoms with E-state index < -0.39 is 15.8 Å². The molecule has 1 rings (SSSR count). The summed E-state index contributed by atoms with van der Waals surface area (Å²) in [4.78, 5) is 12.9. The average molecular weight is 295 g/mol. The molecule has 1 aromatic rings. The number of benzene rings is 1. The highest BCUT2D eigenvalue weighted by Gasteiger charge is 2.18. The van der Waals surface area contributed by atoms with E-state index in [0.29, 0.717) is 0 Å². The Hall–Kier alpha value is -2.08. The highest BCUT2D eigenvalue weighted by molar-refractivity contribution is 7.95. The fraction of sp³-hybridized carbons (Fsp3) is 0.214. The molecule has 0 saturated heterocycles. The zero-order chi connectivity index (χ0) is 15.2. The van der Waals surface area contributed by atoms with Gasteiger partial charge in [-0.15, -0.1) is 0 Å². The first-order valence-corrected chi connectivity index (χ1v) is 7.30. The minimum absolute atomic E-state index is 0.0131. The van der Waals surface area contributed by atoms with E-state index in [1.54, 1.807) is 37.2 Å². The number of hydrogen-bond donors (Lipinski definition) is 0. The largest absolute Gasteiger partial charge is 0.466 e. The van der Waals surface area contributed by atoms with E-state index in [1.165, 1.54) is 31.5 Å². The minimum Gasteiger partial charge on any atom is -0.466 e. The van der Waals surface area contributed by atoms with Crippen molar-refractivity contribution in [3.63, 3.8) is 0 Å². The van der Waals surface area contributed by atoms with Gasteiger partial charge in [-0.25, -0.2) is 13.2 Å². The number of esters is 1. The molecule has 0 spiro atoms. The van der Waals surface area contributed by atoms with Gasteiger partial charge < -0.3 is 9.64 Å². The fourth-order valence-electron chi connectivity index (χ4n) is 1.41. The van der Waals surface area contributed by atoms with E-state index >= 15 is 0 Å². The molecule has 108 valence electrons. The Labute approximate surface area is 119 Å². The molecule has 0 N–H and O–H groups in total. The number of nitrogens with zero attached hydrogens (tertiary/aromatic N) is 1. The predicted octanol–water partition coefficient (Wildman–Crippen LogP) is 1.59. The quantitative estimate of drug-likeness (QED) is 0.469. The third-order valence-electron chi connectivity index (χ3n) is 2.33. The van der Waals surface area contributed by atoms with Gasteiger partial charge in [-0.1, -0.05) is 18.2 Å². The van der Waals surface area contributed by atoms with Gasteiger partial charge in [0.1, 0.15) is 0 Å². The summed E-state index contributed by atoms with van der Waals surface area (Å²) in [6.07, 6.45) is 3.74. The predicted molar refractivity (Wildman–Crippen MR) is 76.6 cm³/mol. The Balaban J connectivity index is 3.25. The van der Waals surface area contributed by atoms with Gasteiger partial charge in [0, 0.05) is 26.4 Å². The number of carbonyl (C=O) groups excluding carboxylic acids is 1. The molecule has 20 heavy (non-hydrogen) atoms. The lowest BCUT2D eigenvalue weighted by Gasteiger charge is -2.10. The minimum atomic E-state index is -3.68. The number of rotatable bonds is 5. The molecule has 5 nitrogen and oxygen atoms in total. The molecule has 0 aliphatic carbocycles. The van der Waals surface area contributed by atoms with Crippen molar-refractivity contribution in [1.82, 2.24) is 4.90 Å². The van der Waals surface area contributed by atoms with Crippen molar-refractivity contribution >= 4 is 15.8 Å². The molecule has 0 amide bonds. The van der Waals surface area contributed by atoms with Crippen LogP contribution in [-0.2, 0) is 19.4 Å². The molecular weight excluding hydrogens is 278 g/mol. The normalized spacial score (nSPS) is 12.4. The second-order valence-electron chi connectivity index (χ2n) is 4.17. The van der Waals surface area contributed by atoms with Gasteiger partial charge in [0.05, 0.1) is 16.9 Å². The molecule has 6 heteroatoms. The second kappa shape index (κ2) is 6.91. The highest BCUT2D eigenvalue weighted by atomic mass is 32.2. The monoisotopic (exact) mass is 295 g/mol. The van der Waals surface area contributed by atoms with Gasteiger partial charge in [-0.3, -0.25) is 0 Å². The first-order chi connectivity index (χ1) is 9.37. The van der Waals surface area contributed by atoms with Crippen LogP contribution in [0, 0.1) is 0 Å². The van der Waals surface area contributed by atoms with E-state index in [2.05, 4.69) is 4.74 Å². The van der Waals surface area contributed by atoms with Crippen LogP contribution in [0.4, 0.5) is 0 Å². The molecule has 1 aromatic carbocycles. The Morgan fingerprint density at radius 3 is 2.25 bits per heavy atom. The van der Waals surface area contributed by atoms with E-state index in [9.17, 15) is 13.2 Å². The van der Waals surface area contributed by atoms with E-state index in [1.807, 2.05) is 0 Å². The summed E-state index contributed by atoms with van der Waals surface area (Å²) in [7, 11) is 0.956. The lowest BCUT2D eigenvalue weighted by Crippen LogP contribution is -2.10. The topological polar surface area (TPSA) is 63.7 Å². The van der Waals surface area contributed by atoms with Crippen LogP contribution in [0.5, 0.6) is 0 Å². The van der Waals surface area contributed by atoms with Gasteiger partial charge >= 0.3 is 5.97 Å². The molecule has 0 heterocycles. The maximum absolute atomic E-state index is 12.5. The van der Waals surface area contributed by atoms with Gasteiger partial charge in [-0.2, -0.15) is 0 Å². The molecule has 0 bridgehead atoms. The van der Waals surface area contributed by atoms with Crippen molar-refractivity contribution in [2.24, 2.45) is 0 Å². The van der Waals surface area contributed by atoms with Crippen molar-refractivity contribution in [3.05, 3.63) is 53.6 Å². The zero-order valence-corrected chi connectivity index (χ0v) is 12.4. The third kappa shape index (κ3) is 4.24. The van der Waals surface area contributed by atoms with Crippen LogP contribution >= 0.6 is 0 Å². The van der Waals surface area contributed by atoms with Gasteiger partial charge in [-0.05, 0) is 18.2 Å². The summed E-state index contributed by atoms with van der Waals surface area (Å²) in [6.45, 7) is 0. The lowest BCUT2D eigenvalue weighted by atomic mass is 10.4. The Morgan fingerprint density at radius 1 is 1.15 bits per heavy atom. The number of carbonyl (C=O) groups is 1. The van der Waals surface area contributed by atoms with Gasteiger partial charge in [0.2, 0.25) is 9.84 Å². The standard InChI is InChI=1S/C14H17NO4S/c1-15(2)11-13(9-10-14(16)19-3)20(17,18)12-7-5-4-6-8-12/h4-11H,1-3H3/b10-9+,13-11-. The molecule has 0 radical (unpaired) electrons. The van der Waals surface area contributed by atoms with Crippen LogP contribution in [0.15, 0.2) is 58.5 Å². The first kappa shape index (κ1) is 16.0. The third-order valence-corrected chi connectivity index (χ3v) is 4.09. The summed E-state index contributed by atoms with van der Waals surface area (Å²) in [5, 5.41) is 0. The summed E-state index contributed by atoms with van der Waals surface area (Å²) < 4.78 is 29.4. The number of hydrogen-bond acceptors (Lipinski definition) is 5. The summed E-state index contributed by atoms with van der Waals surface area (Å²) in [5.41, 5.74) is 0. The van der Waals surface area contributed by atoms with E-state index in [-0.39, 0.29) is 9.80 Å². The summed E-state index contributed by atoms with van der Waals surface area (Å²) >= 11 is 0. The summed E-state index contributed by atoms with van der Waals surface area (Å²) in [6, 6.07) is 8.03. The zero-order valence-electron chi connectivity index (χ0n) is 11.6. The van der Waals surface area contributed by atoms with Crippen LogP contribution < -0.4 is 0 Å². The van der Waals surface area contributed by atoms with Crippen molar-refractivity contribution in [1.29, 1.82) is 0 Å². The molecule has 0 unspecified atom stereocenters. The van der Waals surface area contributed by atoms with Gasteiger partial charge in [0.25, 0.3) is 0 Å². The lowest BCUT2D eigenvalue weighted by molar-refractivity contribution is -0.134. The SMILES string of the molecule is COC(=O)/C=C/C(=C/N(C)C)S(=O)(=O)c1ccccc1. The molecule has 0 aliphatic rings. The molecule has 0 aromatic heterocycles. The Morgan fingerprint density at radius 2 is 1.75 bits per heavy atom. The van der Waals surface area contributed by atoms with Crippen molar-refractivity contribution in [3.8, 4) is 0 Å². The second-order valence-corrected chi connectivity index (χ2v) is 6.12. The van der Waals surface area contributed by atoms with Crippen molar-refractivity contribution in [2.45, 2.75) is 4.90 Å². The molecule has 0 fully saturated rings. The van der Waals surface area contributed by atoms with Gasteiger partial charge in [0.15, 0.2) is 0 Å². The van der Waals surface area contributed by atoms with Crippen LogP contribution in [0.2, 0.25) is 0 Å². The first-order valence-electron chi connectivity index (χ1n) is 5.82. The number of methoxy groups -OCH3 is 1. The molecule has 0 saturated carbocycles. The number of sulfone groups is 1. The van der Waals surface area contributed by atoms with Crippen LogP contribution in [-0.4, -0.2) is 40.5 Å². The van der Waals surface area contributed by atoms with Crippen molar-refractivity contribution in [2.75, 3.05) is 21.2 Å². The smallest absolute Gasteiger partial charge is 0.330 e. The maximum atomic E-state index is 12.5. The Kier molecular flexibility index (Phi) is 5.52. The summed E-state index contributed by atoms with van der Waals surface area (Å²) in [5.74, 6) is -0.613. The van der Waals surface area contributed by atoms with Crippen molar-refractivity contribution < 1.29 is 17.9 Å². The van der Waals surface area contributed by atoms with Crippen LogP contribution in [0.25, 0.3) is 0 Å². The average Bonchev–Trinajstić information content (AvgIpc) is 2.43. The highest BCUT2D eigenvalue weighted by Crippen LogP contribution is 2.20.